The van der Waals surface area contributed by atoms with Gasteiger partial charge in [0.1, 0.15) is 12.9 Å². The van der Waals surface area contributed by atoms with Crippen LogP contribution in [0.3, 0.4) is 0 Å². The van der Waals surface area contributed by atoms with E-state index in [1.54, 1.807) is 13.2 Å². The lowest BCUT2D eigenvalue weighted by Gasteiger charge is -2.11. The normalized spacial score (nSPS) is 10.4. The van der Waals surface area contributed by atoms with Crippen molar-refractivity contribution in [1.29, 1.82) is 0 Å². The van der Waals surface area contributed by atoms with Crippen molar-refractivity contribution in [2.75, 3.05) is 7.11 Å². The first-order valence-electron chi connectivity index (χ1n) is 6.30. The molecule has 0 unspecified atom stereocenters. The van der Waals surface area contributed by atoms with Crippen molar-refractivity contribution >= 4 is 12.4 Å². The molecule has 0 aliphatic carbocycles. The Bertz CT molecular complexity index is 588. The van der Waals surface area contributed by atoms with E-state index >= 15 is 0 Å². The summed E-state index contributed by atoms with van der Waals surface area (Å²) in [5, 5.41) is 0. The summed E-state index contributed by atoms with van der Waals surface area (Å²) in [6.07, 6.45) is 3.90. The molecule has 3 heteroatoms. The first kappa shape index (κ1) is 13.9. The van der Waals surface area contributed by atoms with Crippen LogP contribution in [0.15, 0.2) is 54.6 Å². The molecule has 0 aliphatic rings. The Morgan fingerprint density at radius 1 is 1.05 bits per heavy atom. The molecule has 2 rings (SSSR count). The molecule has 0 radical (unpaired) electrons. The minimum absolute atomic E-state index is 0.487. The molecular formula is C17H16O3. The van der Waals surface area contributed by atoms with Crippen LogP contribution in [0.5, 0.6) is 11.5 Å². The molecule has 0 aromatic heterocycles. The molecule has 0 N–H and O–H groups in total. The van der Waals surface area contributed by atoms with Gasteiger partial charge in [0, 0.05) is 0 Å². The van der Waals surface area contributed by atoms with Gasteiger partial charge in [-0.1, -0.05) is 42.5 Å². The molecule has 0 spiro atoms. The van der Waals surface area contributed by atoms with Gasteiger partial charge in [-0.3, -0.25) is 4.79 Å². The Balaban J connectivity index is 2.11. The molecule has 0 saturated heterocycles. The number of carbonyl (C=O) groups excluding carboxylic acids is 1. The van der Waals surface area contributed by atoms with E-state index in [1.807, 2.05) is 48.5 Å². The van der Waals surface area contributed by atoms with E-state index in [0.29, 0.717) is 18.1 Å². The van der Waals surface area contributed by atoms with E-state index in [-0.39, 0.29) is 0 Å². The van der Waals surface area contributed by atoms with Crippen molar-refractivity contribution in [3.8, 4) is 11.5 Å². The van der Waals surface area contributed by atoms with E-state index in [9.17, 15) is 4.79 Å². The van der Waals surface area contributed by atoms with Gasteiger partial charge in [0.2, 0.25) is 0 Å². The van der Waals surface area contributed by atoms with Crippen LogP contribution >= 0.6 is 0 Å². The van der Waals surface area contributed by atoms with Gasteiger partial charge in [-0.05, 0) is 29.3 Å². The van der Waals surface area contributed by atoms with Gasteiger partial charge in [0.15, 0.2) is 11.5 Å². The van der Waals surface area contributed by atoms with E-state index in [1.165, 1.54) is 6.08 Å². The van der Waals surface area contributed by atoms with Crippen molar-refractivity contribution < 1.29 is 14.3 Å². The third kappa shape index (κ3) is 3.72. The Morgan fingerprint density at radius 2 is 1.85 bits per heavy atom. The molecule has 0 fully saturated rings. The fraction of sp³-hybridized carbons (Fsp3) is 0.118. The highest BCUT2D eigenvalue weighted by molar-refractivity contribution is 5.74. The van der Waals surface area contributed by atoms with E-state index in [4.69, 9.17) is 9.47 Å². The van der Waals surface area contributed by atoms with E-state index < -0.39 is 0 Å². The summed E-state index contributed by atoms with van der Waals surface area (Å²) in [7, 11) is 1.60. The smallest absolute Gasteiger partial charge is 0.161 e. The average Bonchev–Trinajstić information content (AvgIpc) is 2.52. The van der Waals surface area contributed by atoms with Crippen LogP contribution in [0.1, 0.15) is 11.1 Å². The molecule has 3 nitrogen and oxygen atoms in total. The molecule has 0 bridgehead atoms. The van der Waals surface area contributed by atoms with Crippen molar-refractivity contribution in [3.63, 3.8) is 0 Å². The monoisotopic (exact) mass is 268 g/mol. The van der Waals surface area contributed by atoms with Crippen LogP contribution in [0, 0.1) is 0 Å². The highest BCUT2D eigenvalue weighted by Crippen LogP contribution is 2.29. The molecular weight excluding hydrogens is 252 g/mol. The maximum absolute atomic E-state index is 10.3. The van der Waals surface area contributed by atoms with Crippen LogP contribution in [-0.2, 0) is 11.4 Å². The number of aldehydes is 1. The average molecular weight is 268 g/mol. The lowest BCUT2D eigenvalue weighted by Crippen LogP contribution is -1.97. The van der Waals surface area contributed by atoms with E-state index in [2.05, 4.69) is 0 Å². The zero-order chi connectivity index (χ0) is 14.2. The lowest BCUT2D eigenvalue weighted by molar-refractivity contribution is -0.104. The van der Waals surface area contributed by atoms with Crippen LogP contribution in [0.2, 0.25) is 0 Å². The quantitative estimate of drug-likeness (QED) is 0.594. The topological polar surface area (TPSA) is 35.5 Å². The SMILES string of the molecule is COc1cc(/C=C/C=O)ccc1OCc1ccccc1. The summed E-state index contributed by atoms with van der Waals surface area (Å²) in [4.78, 5) is 10.3. The summed E-state index contributed by atoms with van der Waals surface area (Å²) in [5.41, 5.74) is 1.99. The lowest BCUT2D eigenvalue weighted by atomic mass is 10.2. The van der Waals surface area contributed by atoms with Crippen LogP contribution < -0.4 is 9.47 Å². The fourth-order valence-electron chi connectivity index (χ4n) is 1.79. The van der Waals surface area contributed by atoms with Crippen LogP contribution in [-0.4, -0.2) is 13.4 Å². The van der Waals surface area contributed by atoms with E-state index in [0.717, 1.165) is 17.4 Å². The predicted molar refractivity (Wildman–Crippen MR) is 78.9 cm³/mol. The second-order valence-corrected chi connectivity index (χ2v) is 4.18. The molecule has 0 aliphatic heterocycles. The molecule has 2 aromatic rings. The summed E-state index contributed by atoms with van der Waals surface area (Å²) in [6, 6.07) is 15.5. The Kier molecular flexibility index (Phi) is 4.95. The molecule has 20 heavy (non-hydrogen) atoms. The second kappa shape index (κ2) is 7.14. The zero-order valence-corrected chi connectivity index (χ0v) is 11.3. The van der Waals surface area contributed by atoms with Crippen molar-refractivity contribution in [3.05, 3.63) is 65.7 Å². The molecule has 0 heterocycles. The third-order valence-corrected chi connectivity index (χ3v) is 2.79. The largest absolute Gasteiger partial charge is 0.493 e. The molecule has 0 amide bonds. The third-order valence-electron chi connectivity index (χ3n) is 2.79. The molecule has 102 valence electrons. The van der Waals surface area contributed by atoms with Gasteiger partial charge in [-0.2, -0.15) is 0 Å². The summed E-state index contributed by atoms with van der Waals surface area (Å²) in [6.45, 7) is 0.487. The Labute approximate surface area is 118 Å². The molecule has 0 atom stereocenters. The predicted octanol–water partition coefficient (Wildman–Crippen LogP) is 3.49. The highest BCUT2D eigenvalue weighted by Gasteiger charge is 2.05. The first-order valence-corrected chi connectivity index (χ1v) is 6.30. The van der Waals surface area contributed by atoms with Gasteiger partial charge >= 0.3 is 0 Å². The van der Waals surface area contributed by atoms with Gasteiger partial charge in [0.25, 0.3) is 0 Å². The van der Waals surface area contributed by atoms with Crippen molar-refractivity contribution in [2.45, 2.75) is 6.61 Å². The first-order chi connectivity index (χ1) is 9.83. The van der Waals surface area contributed by atoms with Gasteiger partial charge in [-0.25, -0.2) is 0 Å². The van der Waals surface area contributed by atoms with Crippen molar-refractivity contribution in [1.82, 2.24) is 0 Å². The maximum Gasteiger partial charge on any atom is 0.161 e. The second-order valence-electron chi connectivity index (χ2n) is 4.18. The summed E-state index contributed by atoms with van der Waals surface area (Å²) in [5.74, 6) is 1.33. The Morgan fingerprint density at radius 3 is 2.55 bits per heavy atom. The number of methoxy groups -OCH3 is 1. The van der Waals surface area contributed by atoms with Crippen LogP contribution in [0.25, 0.3) is 6.08 Å². The van der Waals surface area contributed by atoms with Gasteiger partial charge in [0.05, 0.1) is 7.11 Å². The fourth-order valence-corrected chi connectivity index (χ4v) is 1.79. The number of hydrogen-bond donors (Lipinski definition) is 0. The number of hydrogen-bond acceptors (Lipinski definition) is 3. The van der Waals surface area contributed by atoms with Crippen molar-refractivity contribution in [2.24, 2.45) is 0 Å². The number of carbonyl (C=O) groups is 1. The summed E-state index contributed by atoms with van der Waals surface area (Å²) >= 11 is 0. The minimum atomic E-state index is 0.487. The number of rotatable bonds is 6. The van der Waals surface area contributed by atoms with Crippen LogP contribution in [0.4, 0.5) is 0 Å². The zero-order valence-electron chi connectivity index (χ0n) is 11.3. The number of benzene rings is 2. The molecule has 0 saturated carbocycles. The van der Waals surface area contributed by atoms with Gasteiger partial charge < -0.3 is 9.47 Å². The standard InChI is InChI=1S/C17H16O3/c1-19-17-12-14(8-5-11-18)9-10-16(17)20-13-15-6-3-2-4-7-15/h2-12H,13H2,1H3/b8-5+. The number of ether oxygens (including phenoxy) is 2. The molecule has 2 aromatic carbocycles. The number of allylic oxidation sites excluding steroid dienone is 1. The Hall–Kier alpha value is -2.55. The van der Waals surface area contributed by atoms with Gasteiger partial charge in [-0.15, -0.1) is 0 Å². The minimum Gasteiger partial charge on any atom is -0.493 e. The highest BCUT2D eigenvalue weighted by atomic mass is 16.5. The maximum atomic E-state index is 10.3. The summed E-state index contributed by atoms with van der Waals surface area (Å²) < 4.78 is 11.1.